The van der Waals surface area contributed by atoms with Gasteiger partial charge in [0.1, 0.15) is 0 Å². The molecule has 0 aromatic carbocycles. The molecule has 0 aliphatic carbocycles. The molecule has 3 heteroatoms. The Balaban J connectivity index is 2.96. The van der Waals surface area contributed by atoms with E-state index in [2.05, 4.69) is 17.7 Å². The van der Waals surface area contributed by atoms with Gasteiger partial charge in [-0.2, -0.15) is 0 Å². The van der Waals surface area contributed by atoms with Gasteiger partial charge in [0.15, 0.2) is 5.49 Å². The molecule has 0 spiro atoms. The molecule has 0 aliphatic heterocycles. The summed E-state index contributed by atoms with van der Waals surface area (Å²) in [4.78, 5) is 0. The number of thiocarbonyl (C=S) groups is 1. The van der Waals surface area contributed by atoms with Crippen molar-refractivity contribution in [3.8, 4) is 0 Å². The van der Waals surface area contributed by atoms with Crippen molar-refractivity contribution in [2.45, 2.75) is 6.92 Å². The lowest BCUT2D eigenvalue weighted by atomic mass is 10.8. The second-order valence-corrected chi connectivity index (χ2v) is 1.36. The van der Waals surface area contributed by atoms with Crippen molar-refractivity contribution in [1.82, 2.24) is 4.42 Å². The predicted molar refractivity (Wildman–Crippen MR) is 30.8 cm³/mol. The van der Waals surface area contributed by atoms with Gasteiger partial charge in [-0.1, -0.05) is 12.2 Å². The number of nitrogens with zero attached hydrogens (tertiary/aromatic N) is 1. The SMILES string of the molecule is CCN(Cl)[C]=S. The molecule has 35 valence electrons. The normalized spacial score (nSPS) is 7.67. The van der Waals surface area contributed by atoms with Crippen LogP contribution in [0.5, 0.6) is 0 Å². The maximum Gasteiger partial charge on any atom is 0.152 e. The topological polar surface area (TPSA) is 3.24 Å². The quantitative estimate of drug-likeness (QED) is 0.309. The summed E-state index contributed by atoms with van der Waals surface area (Å²) in [5.74, 6) is 0. The van der Waals surface area contributed by atoms with Gasteiger partial charge in [-0.15, -0.1) is 0 Å². The fourth-order valence-corrected chi connectivity index (χ4v) is 0.194. The van der Waals surface area contributed by atoms with Crippen molar-refractivity contribution in [3.05, 3.63) is 0 Å². The van der Waals surface area contributed by atoms with Crippen LogP contribution in [0.2, 0.25) is 0 Å². The van der Waals surface area contributed by atoms with Gasteiger partial charge in [0.05, 0.1) is 0 Å². The van der Waals surface area contributed by atoms with Crippen LogP contribution in [-0.4, -0.2) is 16.5 Å². The maximum atomic E-state index is 5.27. The van der Waals surface area contributed by atoms with Gasteiger partial charge in [-0.3, -0.25) is 4.42 Å². The lowest BCUT2D eigenvalue weighted by Crippen LogP contribution is -2.04. The van der Waals surface area contributed by atoms with Crippen LogP contribution in [0.4, 0.5) is 0 Å². The molecule has 1 nitrogen and oxygen atoms in total. The van der Waals surface area contributed by atoms with Crippen LogP contribution < -0.4 is 0 Å². The van der Waals surface area contributed by atoms with Crippen molar-refractivity contribution in [1.29, 1.82) is 0 Å². The molecular formula is C3H5ClNS. The van der Waals surface area contributed by atoms with Crippen molar-refractivity contribution < 1.29 is 0 Å². The molecule has 0 aliphatic rings. The summed E-state index contributed by atoms with van der Waals surface area (Å²) in [6.45, 7) is 2.61. The zero-order valence-corrected chi connectivity index (χ0v) is 5.01. The summed E-state index contributed by atoms with van der Waals surface area (Å²) in [5, 5.41) is 0. The number of hydrogen-bond acceptors (Lipinski definition) is 1. The van der Waals surface area contributed by atoms with Crippen molar-refractivity contribution in [2.75, 3.05) is 6.54 Å². The lowest BCUT2D eigenvalue weighted by molar-refractivity contribution is 0.725. The lowest BCUT2D eigenvalue weighted by Gasteiger charge is -1.98. The van der Waals surface area contributed by atoms with E-state index in [0.717, 1.165) is 0 Å². The van der Waals surface area contributed by atoms with Gasteiger partial charge in [0.25, 0.3) is 0 Å². The van der Waals surface area contributed by atoms with E-state index in [1.807, 2.05) is 6.92 Å². The van der Waals surface area contributed by atoms with E-state index >= 15 is 0 Å². The van der Waals surface area contributed by atoms with Crippen molar-refractivity contribution >= 4 is 29.5 Å². The Morgan fingerprint density at radius 1 is 2.00 bits per heavy atom. The summed E-state index contributed by atoms with van der Waals surface area (Å²) in [5.41, 5.74) is 2.30. The Bertz CT molecular complexity index is 48.1. The maximum absolute atomic E-state index is 5.27. The minimum Gasteiger partial charge on any atom is -0.273 e. The number of halogens is 1. The average molecular weight is 123 g/mol. The van der Waals surface area contributed by atoms with E-state index in [1.165, 1.54) is 4.42 Å². The molecule has 0 aromatic heterocycles. The summed E-state index contributed by atoms with van der Waals surface area (Å²) < 4.78 is 1.29. The first-order valence-corrected chi connectivity index (χ1v) is 2.37. The third-order valence-electron chi connectivity index (χ3n) is 0.377. The molecule has 0 amide bonds. The van der Waals surface area contributed by atoms with E-state index < -0.39 is 0 Å². The fourth-order valence-electron chi connectivity index (χ4n) is 0.0645. The third-order valence-corrected chi connectivity index (χ3v) is 1.02. The highest BCUT2D eigenvalue weighted by Crippen LogP contribution is 1.84. The Morgan fingerprint density at radius 2 is 2.50 bits per heavy atom. The van der Waals surface area contributed by atoms with Gasteiger partial charge >= 0.3 is 0 Å². The van der Waals surface area contributed by atoms with Crippen molar-refractivity contribution in [2.24, 2.45) is 0 Å². The number of rotatable bonds is 2. The Hall–Kier alpha value is 0.180. The highest BCUT2D eigenvalue weighted by molar-refractivity contribution is 7.78. The first-order valence-electron chi connectivity index (χ1n) is 1.62. The Kier molecular flexibility index (Phi) is 3.47. The van der Waals surface area contributed by atoms with Crippen LogP contribution in [0.25, 0.3) is 0 Å². The molecule has 0 heterocycles. The molecule has 0 saturated heterocycles. The van der Waals surface area contributed by atoms with Gasteiger partial charge in [0.2, 0.25) is 0 Å². The van der Waals surface area contributed by atoms with E-state index in [4.69, 9.17) is 11.8 Å². The fraction of sp³-hybridized carbons (Fsp3) is 0.667. The average Bonchev–Trinajstić information content (AvgIpc) is 1.65. The van der Waals surface area contributed by atoms with E-state index in [-0.39, 0.29) is 0 Å². The minimum atomic E-state index is 0.713. The number of hydrogen-bond donors (Lipinski definition) is 0. The van der Waals surface area contributed by atoms with Gasteiger partial charge in [-0.25, -0.2) is 0 Å². The highest BCUT2D eigenvalue weighted by atomic mass is 35.5. The van der Waals surface area contributed by atoms with Crippen LogP contribution in [-0.2, 0) is 0 Å². The largest absolute Gasteiger partial charge is 0.273 e. The Morgan fingerprint density at radius 3 is 2.50 bits per heavy atom. The van der Waals surface area contributed by atoms with Gasteiger partial charge in [0, 0.05) is 18.3 Å². The first-order chi connectivity index (χ1) is 2.81. The van der Waals surface area contributed by atoms with Crippen LogP contribution in [0.15, 0.2) is 0 Å². The zero-order valence-electron chi connectivity index (χ0n) is 3.44. The van der Waals surface area contributed by atoms with E-state index in [9.17, 15) is 0 Å². The van der Waals surface area contributed by atoms with Crippen LogP contribution in [0.3, 0.4) is 0 Å². The predicted octanol–water partition coefficient (Wildman–Crippen LogP) is 1.30. The minimum absolute atomic E-state index is 0.713. The molecule has 0 bridgehead atoms. The zero-order chi connectivity index (χ0) is 4.99. The monoisotopic (exact) mass is 122 g/mol. The molecule has 0 saturated carbocycles. The van der Waals surface area contributed by atoms with E-state index in [0.29, 0.717) is 6.54 Å². The summed E-state index contributed by atoms with van der Waals surface area (Å²) in [7, 11) is 0. The van der Waals surface area contributed by atoms with Crippen LogP contribution in [0.1, 0.15) is 6.92 Å². The molecule has 0 rings (SSSR count). The summed E-state index contributed by atoms with van der Waals surface area (Å²) in [6.07, 6.45) is 0. The first kappa shape index (κ1) is 6.18. The molecule has 6 heavy (non-hydrogen) atoms. The molecular weight excluding hydrogens is 118 g/mol. The summed E-state index contributed by atoms with van der Waals surface area (Å²) in [6, 6.07) is 0. The van der Waals surface area contributed by atoms with Gasteiger partial charge < -0.3 is 0 Å². The van der Waals surface area contributed by atoms with Crippen LogP contribution >= 0.6 is 24.0 Å². The molecule has 1 radical (unpaired) electrons. The second-order valence-electron chi connectivity index (χ2n) is 0.770. The Labute approximate surface area is 48.0 Å². The highest BCUT2D eigenvalue weighted by Gasteiger charge is 1.81. The van der Waals surface area contributed by atoms with Crippen molar-refractivity contribution in [3.63, 3.8) is 0 Å². The van der Waals surface area contributed by atoms with Gasteiger partial charge in [-0.05, 0) is 6.92 Å². The van der Waals surface area contributed by atoms with E-state index in [1.54, 1.807) is 0 Å². The molecule has 0 aromatic rings. The summed E-state index contributed by atoms with van der Waals surface area (Å²) >= 11 is 9.59. The smallest absolute Gasteiger partial charge is 0.152 e. The molecule has 0 fully saturated rings. The third kappa shape index (κ3) is 2.42. The standard InChI is InChI=1S/C3H5ClNS/c1-2-5(4)3-6/h2H2,1H3. The van der Waals surface area contributed by atoms with Crippen LogP contribution in [0, 0.1) is 0 Å². The second kappa shape index (κ2) is 3.37. The molecule has 0 unspecified atom stereocenters. The molecule has 0 atom stereocenters. The molecule has 0 N–H and O–H groups in total.